The summed E-state index contributed by atoms with van der Waals surface area (Å²) in [6.07, 6.45) is 8.52. The maximum Gasteiger partial charge on any atom is 0.0355 e. The molecule has 0 spiro atoms. The number of nitrogens with zero attached hydrogens (tertiary/aromatic N) is 1. The third kappa shape index (κ3) is 2.20. The van der Waals surface area contributed by atoms with Gasteiger partial charge in [-0.1, -0.05) is 26.8 Å². The normalized spacial score (nSPS) is 25.4. The molecule has 80 valence electrons. The van der Waals surface area contributed by atoms with Crippen molar-refractivity contribution >= 4 is 0 Å². The van der Waals surface area contributed by atoms with E-state index < -0.39 is 0 Å². The second-order valence-electron chi connectivity index (χ2n) is 3.97. The maximum atomic E-state index is 2.39. The number of hydrogen-bond acceptors (Lipinski definition) is 1. The van der Waals surface area contributed by atoms with E-state index in [4.69, 9.17) is 0 Å². The van der Waals surface area contributed by atoms with Crippen LogP contribution < -0.4 is 0 Å². The van der Waals surface area contributed by atoms with Crippen LogP contribution in [0.5, 0.6) is 0 Å². The molecule has 1 aliphatic heterocycles. The Hall–Kier alpha value is -0.720. The molecule has 1 atom stereocenters. The van der Waals surface area contributed by atoms with Crippen molar-refractivity contribution in [2.75, 3.05) is 13.6 Å². The van der Waals surface area contributed by atoms with E-state index in [2.05, 4.69) is 31.0 Å². The van der Waals surface area contributed by atoms with Crippen LogP contribution in [0.1, 0.15) is 40.0 Å². The largest absolute Gasteiger partial charge is 0.375 e. The maximum absolute atomic E-state index is 2.39. The fourth-order valence-corrected chi connectivity index (χ4v) is 2.26. The highest BCUT2D eigenvalue weighted by molar-refractivity contribution is 5.31. The monoisotopic (exact) mass is 193 g/mol. The van der Waals surface area contributed by atoms with Gasteiger partial charge >= 0.3 is 0 Å². The van der Waals surface area contributed by atoms with Crippen molar-refractivity contribution in [3.63, 3.8) is 0 Å². The lowest BCUT2D eigenvalue weighted by molar-refractivity contribution is 0.370. The summed E-state index contributed by atoms with van der Waals surface area (Å²) in [7, 11) is 2.21. The molecule has 0 radical (unpaired) electrons. The SMILES string of the molecule is CC.CC1CC=CC2=C1CCCN2C. The first-order valence-corrected chi connectivity index (χ1v) is 5.90. The summed E-state index contributed by atoms with van der Waals surface area (Å²) >= 11 is 0. The van der Waals surface area contributed by atoms with E-state index in [1.807, 2.05) is 13.8 Å². The van der Waals surface area contributed by atoms with Gasteiger partial charge in [-0.2, -0.15) is 0 Å². The Balaban J connectivity index is 0.000000461. The first-order chi connectivity index (χ1) is 6.79. The minimum Gasteiger partial charge on any atom is -0.375 e. The summed E-state index contributed by atoms with van der Waals surface area (Å²) in [5, 5.41) is 0. The van der Waals surface area contributed by atoms with Gasteiger partial charge in [-0.25, -0.2) is 0 Å². The quantitative estimate of drug-likeness (QED) is 0.568. The predicted octanol–water partition coefficient (Wildman–Crippen LogP) is 3.59. The summed E-state index contributed by atoms with van der Waals surface area (Å²) < 4.78 is 0. The number of likely N-dealkylation sites (N-methyl/N-ethyl adjacent to an activating group) is 1. The molecule has 0 amide bonds. The fraction of sp³-hybridized carbons (Fsp3) is 0.692. The Morgan fingerprint density at radius 1 is 1.36 bits per heavy atom. The highest BCUT2D eigenvalue weighted by Gasteiger charge is 2.21. The molecule has 0 fully saturated rings. The van der Waals surface area contributed by atoms with E-state index in [-0.39, 0.29) is 0 Å². The van der Waals surface area contributed by atoms with Crippen molar-refractivity contribution < 1.29 is 0 Å². The van der Waals surface area contributed by atoms with Crippen LogP contribution in [-0.4, -0.2) is 18.5 Å². The van der Waals surface area contributed by atoms with Crippen molar-refractivity contribution in [1.29, 1.82) is 0 Å². The van der Waals surface area contributed by atoms with Gasteiger partial charge in [-0.05, 0) is 36.8 Å². The molecule has 0 aromatic rings. The van der Waals surface area contributed by atoms with Crippen LogP contribution in [0.15, 0.2) is 23.4 Å². The molecule has 0 aromatic heterocycles. The first kappa shape index (κ1) is 11.4. The molecule has 2 aliphatic rings. The Labute approximate surface area is 88.5 Å². The summed E-state index contributed by atoms with van der Waals surface area (Å²) in [6.45, 7) is 7.58. The van der Waals surface area contributed by atoms with Crippen molar-refractivity contribution in [2.24, 2.45) is 5.92 Å². The number of allylic oxidation sites excluding steroid dienone is 3. The Morgan fingerprint density at radius 3 is 2.71 bits per heavy atom. The predicted molar refractivity (Wildman–Crippen MR) is 63.2 cm³/mol. The zero-order valence-electron chi connectivity index (χ0n) is 10.0. The zero-order valence-corrected chi connectivity index (χ0v) is 10.0. The van der Waals surface area contributed by atoms with E-state index >= 15 is 0 Å². The smallest absolute Gasteiger partial charge is 0.0355 e. The molecule has 1 unspecified atom stereocenters. The highest BCUT2D eigenvalue weighted by atomic mass is 15.1. The molecule has 0 saturated heterocycles. The third-order valence-corrected chi connectivity index (χ3v) is 3.04. The van der Waals surface area contributed by atoms with Gasteiger partial charge in [0.2, 0.25) is 0 Å². The van der Waals surface area contributed by atoms with Gasteiger partial charge in [0.25, 0.3) is 0 Å². The second kappa shape index (κ2) is 5.23. The van der Waals surface area contributed by atoms with Gasteiger partial charge in [-0.15, -0.1) is 0 Å². The Kier molecular flexibility index (Phi) is 4.24. The van der Waals surface area contributed by atoms with Gasteiger partial charge < -0.3 is 4.90 Å². The van der Waals surface area contributed by atoms with E-state index in [0.717, 1.165) is 5.92 Å². The highest BCUT2D eigenvalue weighted by Crippen LogP contribution is 2.32. The first-order valence-electron chi connectivity index (χ1n) is 5.90. The van der Waals surface area contributed by atoms with E-state index in [9.17, 15) is 0 Å². The van der Waals surface area contributed by atoms with Crippen LogP contribution in [-0.2, 0) is 0 Å². The molecule has 1 heteroatoms. The topological polar surface area (TPSA) is 3.24 Å². The van der Waals surface area contributed by atoms with Gasteiger partial charge in [0.1, 0.15) is 0 Å². The van der Waals surface area contributed by atoms with E-state index in [0.29, 0.717) is 0 Å². The molecule has 0 N–H and O–H groups in total. The van der Waals surface area contributed by atoms with Crippen LogP contribution in [0, 0.1) is 5.92 Å². The molecular weight excluding hydrogens is 170 g/mol. The lowest BCUT2D eigenvalue weighted by Crippen LogP contribution is -2.27. The van der Waals surface area contributed by atoms with Crippen molar-refractivity contribution in [3.8, 4) is 0 Å². The molecule has 0 saturated carbocycles. The Morgan fingerprint density at radius 2 is 2.07 bits per heavy atom. The lowest BCUT2D eigenvalue weighted by Gasteiger charge is -2.33. The average Bonchev–Trinajstić information content (AvgIpc) is 2.23. The van der Waals surface area contributed by atoms with Crippen LogP contribution >= 0.6 is 0 Å². The molecule has 1 heterocycles. The molecule has 1 aliphatic carbocycles. The number of hydrogen-bond donors (Lipinski definition) is 0. The van der Waals surface area contributed by atoms with Crippen molar-refractivity contribution in [3.05, 3.63) is 23.4 Å². The summed E-state index contributed by atoms with van der Waals surface area (Å²) in [6, 6.07) is 0. The van der Waals surface area contributed by atoms with Crippen LogP contribution in [0.3, 0.4) is 0 Å². The zero-order chi connectivity index (χ0) is 10.6. The fourth-order valence-electron chi connectivity index (χ4n) is 2.26. The van der Waals surface area contributed by atoms with Crippen LogP contribution in [0.2, 0.25) is 0 Å². The minimum absolute atomic E-state index is 0.785. The van der Waals surface area contributed by atoms with E-state index in [1.165, 1.54) is 31.5 Å². The standard InChI is InChI=1S/C11H17N.C2H6/c1-9-5-3-7-11-10(9)6-4-8-12(11)2;1-2/h3,7,9H,4-6,8H2,1-2H3;1-2H3. The Bertz CT molecular complexity index is 238. The molecule has 1 nitrogen and oxygen atoms in total. The number of rotatable bonds is 0. The summed E-state index contributed by atoms with van der Waals surface area (Å²) in [5.74, 6) is 0.785. The van der Waals surface area contributed by atoms with E-state index in [1.54, 1.807) is 5.57 Å². The molecule has 0 aromatic carbocycles. The third-order valence-electron chi connectivity index (χ3n) is 3.04. The van der Waals surface area contributed by atoms with Crippen LogP contribution in [0.25, 0.3) is 0 Å². The second-order valence-corrected chi connectivity index (χ2v) is 3.97. The van der Waals surface area contributed by atoms with Gasteiger partial charge in [-0.3, -0.25) is 0 Å². The minimum atomic E-state index is 0.785. The van der Waals surface area contributed by atoms with Crippen LogP contribution in [0.4, 0.5) is 0 Å². The molecule has 0 bridgehead atoms. The molecule has 2 rings (SSSR count). The summed E-state index contributed by atoms with van der Waals surface area (Å²) in [5.41, 5.74) is 3.19. The van der Waals surface area contributed by atoms with Crippen molar-refractivity contribution in [1.82, 2.24) is 4.90 Å². The van der Waals surface area contributed by atoms with Crippen molar-refractivity contribution in [2.45, 2.75) is 40.0 Å². The summed E-state index contributed by atoms with van der Waals surface area (Å²) in [4.78, 5) is 2.39. The van der Waals surface area contributed by atoms with Gasteiger partial charge in [0.15, 0.2) is 0 Å². The molecular formula is C13H23N. The molecule has 14 heavy (non-hydrogen) atoms. The van der Waals surface area contributed by atoms with Gasteiger partial charge in [0, 0.05) is 19.3 Å². The lowest BCUT2D eigenvalue weighted by atomic mass is 9.86. The average molecular weight is 193 g/mol. The van der Waals surface area contributed by atoms with Gasteiger partial charge in [0.05, 0.1) is 0 Å².